The molecule has 0 saturated heterocycles. The molecule has 1 heterocycles. The minimum absolute atomic E-state index is 0.0320. The largest absolute Gasteiger partial charge is 0.465 e. The maximum Gasteiger partial charge on any atom is 0.343 e. The molecule has 5 heteroatoms. The highest BCUT2D eigenvalue weighted by Crippen LogP contribution is 2.24. The van der Waals surface area contributed by atoms with Gasteiger partial charge in [0.2, 0.25) is 0 Å². The van der Waals surface area contributed by atoms with Crippen LogP contribution in [0.5, 0.6) is 0 Å². The van der Waals surface area contributed by atoms with Crippen molar-refractivity contribution in [1.82, 2.24) is 4.57 Å². The Labute approximate surface area is 176 Å². The maximum atomic E-state index is 13.0. The molecule has 3 aromatic rings. The van der Waals surface area contributed by atoms with Crippen molar-refractivity contribution in [2.75, 3.05) is 7.11 Å². The van der Waals surface area contributed by atoms with Gasteiger partial charge in [0.25, 0.3) is 5.56 Å². The molecule has 0 aliphatic heterocycles. The van der Waals surface area contributed by atoms with E-state index in [0.29, 0.717) is 18.0 Å². The SMILES string of the molecule is COC(=O)c1ccc(CC(C)C)n(Cc2ccc(-c3ccccc3C#N)cc2)c1=O. The first kappa shape index (κ1) is 21.1. The lowest BCUT2D eigenvalue weighted by molar-refractivity contribution is 0.0598. The molecule has 0 saturated carbocycles. The lowest BCUT2D eigenvalue weighted by Crippen LogP contribution is -2.30. The monoisotopic (exact) mass is 400 g/mol. The van der Waals surface area contributed by atoms with E-state index in [-0.39, 0.29) is 11.1 Å². The summed E-state index contributed by atoms with van der Waals surface area (Å²) in [6, 6.07) is 20.8. The number of ether oxygens (including phenoxy) is 1. The zero-order valence-corrected chi connectivity index (χ0v) is 17.4. The van der Waals surface area contributed by atoms with E-state index in [1.165, 1.54) is 7.11 Å². The van der Waals surface area contributed by atoms with Crippen LogP contribution in [0.2, 0.25) is 0 Å². The smallest absolute Gasteiger partial charge is 0.343 e. The number of benzene rings is 2. The van der Waals surface area contributed by atoms with E-state index in [9.17, 15) is 14.9 Å². The van der Waals surface area contributed by atoms with Crippen molar-refractivity contribution in [1.29, 1.82) is 5.26 Å². The van der Waals surface area contributed by atoms with Crippen molar-refractivity contribution < 1.29 is 9.53 Å². The van der Waals surface area contributed by atoms with Gasteiger partial charge >= 0.3 is 5.97 Å². The minimum atomic E-state index is -0.631. The van der Waals surface area contributed by atoms with E-state index in [0.717, 1.165) is 28.8 Å². The Morgan fingerprint density at radius 1 is 1.07 bits per heavy atom. The van der Waals surface area contributed by atoms with E-state index in [1.54, 1.807) is 16.7 Å². The summed E-state index contributed by atoms with van der Waals surface area (Å²) in [5.74, 6) is -0.266. The second-order valence-electron chi connectivity index (χ2n) is 7.57. The van der Waals surface area contributed by atoms with Crippen LogP contribution in [-0.4, -0.2) is 17.6 Å². The molecule has 0 fully saturated rings. The number of carbonyl (C=O) groups is 1. The summed E-state index contributed by atoms with van der Waals surface area (Å²) in [6.07, 6.45) is 0.727. The molecule has 0 atom stereocenters. The maximum absolute atomic E-state index is 13.0. The third-order valence-corrected chi connectivity index (χ3v) is 4.94. The number of nitrogens with zero attached hydrogens (tertiary/aromatic N) is 2. The third-order valence-electron chi connectivity index (χ3n) is 4.94. The zero-order chi connectivity index (χ0) is 21.7. The van der Waals surface area contributed by atoms with Crippen LogP contribution in [0, 0.1) is 17.2 Å². The first-order valence-electron chi connectivity index (χ1n) is 9.84. The second-order valence-corrected chi connectivity index (χ2v) is 7.57. The standard InChI is InChI=1S/C25H24N2O3/c1-17(2)14-21-12-13-23(25(29)30-3)24(28)27(21)16-18-8-10-19(11-9-18)22-7-5-4-6-20(22)15-26/h4-13,17H,14,16H2,1-3H3. The van der Waals surface area contributed by atoms with Gasteiger partial charge in [0.05, 0.1) is 25.3 Å². The summed E-state index contributed by atoms with van der Waals surface area (Å²) in [5, 5.41) is 9.33. The number of rotatable bonds is 6. The molecule has 0 bridgehead atoms. The number of nitriles is 1. The fourth-order valence-electron chi connectivity index (χ4n) is 3.46. The van der Waals surface area contributed by atoms with Gasteiger partial charge in [0, 0.05) is 5.69 Å². The average molecular weight is 400 g/mol. The molecule has 30 heavy (non-hydrogen) atoms. The number of methoxy groups -OCH3 is 1. The van der Waals surface area contributed by atoms with Crippen LogP contribution in [0.4, 0.5) is 0 Å². The average Bonchev–Trinajstić information content (AvgIpc) is 2.76. The van der Waals surface area contributed by atoms with Gasteiger partial charge < -0.3 is 9.30 Å². The lowest BCUT2D eigenvalue weighted by Gasteiger charge is -2.16. The molecule has 0 aliphatic rings. The predicted octanol–water partition coefficient (Wildman–Crippen LogP) is 4.42. The van der Waals surface area contributed by atoms with Crippen LogP contribution in [0.15, 0.2) is 65.5 Å². The summed E-state index contributed by atoms with van der Waals surface area (Å²) in [5.41, 5.74) is 3.92. The van der Waals surface area contributed by atoms with E-state index >= 15 is 0 Å². The summed E-state index contributed by atoms with van der Waals surface area (Å²) in [7, 11) is 1.27. The summed E-state index contributed by atoms with van der Waals surface area (Å²) in [4.78, 5) is 24.9. The Morgan fingerprint density at radius 3 is 2.40 bits per heavy atom. The number of hydrogen-bond acceptors (Lipinski definition) is 4. The molecule has 3 rings (SSSR count). The molecular formula is C25H24N2O3. The highest BCUT2D eigenvalue weighted by Gasteiger charge is 2.16. The first-order valence-corrected chi connectivity index (χ1v) is 9.84. The van der Waals surface area contributed by atoms with Gasteiger partial charge in [0.15, 0.2) is 0 Å². The summed E-state index contributed by atoms with van der Waals surface area (Å²) >= 11 is 0. The van der Waals surface area contributed by atoms with Crippen LogP contribution in [0.25, 0.3) is 11.1 Å². The van der Waals surface area contributed by atoms with Crippen molar-refractivity contribution in [3.63, 3.8) is 0 Å². The topological polar surface area (TPSA) is 72.1 Å². The van der Waals surface area contributed by atoms with Crippen LogP contribution < -0.4 is 5.56 Å². The molecule has 0 spiro atoms. The molecule has 5 nitrogen and oxygen atoms in total. The summed E-state index contributed by atoms with van der Waals surface area (Å²) in [6.45, 7) is 4.53. The summed E-state index contributed by atoms with van der Waals surface area (Å²) < 4.78 is 6.39. The fourth-order valence-corrected chi connectivity index (χ4v) is 3.46. The Balaban J connectivity index is 1.98. The Morgan fingerprint density at radius 2 is 1.77 bits per heavy atom. The Hall–Kier alpha value is -3.65. The van der Waals surface area contributed by atoms with E-state index < -0.39 is 5.97 Å². The highest BCUT2D eigenvalue weighted by molar-refractivity contribution is 5.88. The molecule has 2 aromatic carbocycles. The Bertz CT molecular complexity index is 1150. The van der Waals surface area contributed by atoms with Crippen molar-refractivity contribution in [3.05, 3.63) is 93.4 Å². The Kier molecular flexibility index (Phi) is 6.48. The third kappa shape index (κ3) is 4.49. The van der Waals surface area contributed by atoms with Gasteiger partial charge in [-0.1, -0.05) is 56.3 Å². The van der Waals surface area contributed by atoms with Gasteiger partial charge in [-0.15, -0.1) is 0 Å². The molecule has 1 aromatic heterocycles. The predicted molar refractivity (Wildman–Crippen MR) is 116 cm³/mol. The number of esters is 1. The number of carbonyl (C=O) groups excluding carboxylic acids is 1. The lowest BCUT2D eigenvalue weighted by atomic mass is 9.99. The molecule has 0 N–H and O–H groups in total. The van der Waals surface area contributed by atoms with Crippen molar-refractivity contribution >= 4 is 5.97 Å². The normalized spacial score (nSPS) is 10.6. The van der Waals surface area contributed by atoms with Gasteiger partial charge in [-0.05, 0) is 47.2 Å². The first-order chi connectivity index (χ1) is 14.4. The molecule has 0 radical (unpaired) electrons. The zero-order valence-electron chi connectivity index (χ0n) is 17.4. The van der Waals surface area contributed by atoms with E-state index in [4.69, 9.17) is 4.74 Å². The number of pyridine rings is 1. The van der Waals surface area contributed by atoms with Gasteiger partial charge in [0.1, 0.15) is 5.56 Å². The van der Waals surface area contributed by atoms with Crippen molar-refractivity contribution in [3.8, 4) is 17.2 Å². The molecule has 0 unspecified atom stereocenters. The highest BCUT2D eigenvalue weighted by atomic mass is 16.5. The van der Waals surface area contributed by atoms with Crippen LogP contribution in [0.3, 0.4) is 0 Å². The van der Waals surface area contributed by atoms with E-state index in [1.807, 2.05) is 48.5 Å². The number of aromatic nitrogens is 1. The van der Waals surface area contributed by atoms with Crippen molar-refractivity contribution in [2.24, 2.45) is 5.92 Å². The van der Waals surface area contributed by atoms with Crippen molar-refractivity contribution in [2.45, 2.75) is 26.8 Å². The van der Waals surface area contributed by atoms with Crippen LogP contribution >= 0.6 is 0 Å². The van der Waals surface area contributed by atoms with Gasteiger partial charge in [-0.3, -0.25) is 4.79 Å². The minimum Gasteiger partial charge on any atom is -0.465 e. The molecule has 0 aliphatic carbocycles. The van der Waals surface area contributed by atoms with E-state index in [2.05, 4.69) is 19.9 Å². The number of hydrogen-bond donors (Lipinski definition) is 0. The fraction of sp³-hybridized carbons (Fsp3) is 0.240. The molecule has 0 amide bonds. The molecular weight excluding hydrogens is 376 g/mol. The van der Waals surface area contributed by atoms with Gasteiger partial charge in [-0.25, -0.2) is 4.79 Å². The van der Waals surface area contributed by atoms with Crippen LogP contribution in [-0.2, 0) is 17.7 Å². The molecule has 152 valence electrons. The van der Waals surface area contributed by atoms with Gasteiger partial charge in [-0.2, -0.15) is 5.26 Å². The second kappa shape index (κ2) is 9.23. The quantitative estimate of drug-likeness (QED) is 0.574. The van der Waals surface area contributed by atoms with Crippen LogP contribution in [0.1, 0.15) is 41.0 Å².